The van der Waals surface area contributed by atoms with E-state index in [1.165, 1.54) is 23.4 Å². The number of halogens is 3. The van der Waals surface area contributed by atoms with E-state index in [4.69, 9.17) is 34.8 Å². The van der Waals surface area contributed by atoms with E-state index in [2.05, 4.69) is 12.2 Å². The van der Waals surface area contributed by atoms with Crippen LogP contribution in [0.5, 0.6) is 0 Å². The normalized spacial score (nSPS) is 13.8. The van der Waals surface area contributed by atoms with Gasteiger partial charge in [0, 0.05) is 20.6 Å². The second-order valence-electron chi connectivity index (χ2n) is 6.98. The van der Waals surface area contributed by atoms with Crippen LogP contribution in [0.4, 0.5) is 11.4 Å². The van der Waals surface area contributed by atoms with Gasteiger partial charge in [0.2, 0.25) is 0 Å². The topological polar surface area (TPSA) is 49.4 Å². The van der Waals surface area contributed by atoms with Crippen LogP contribution in [0.1, 0.15) is 12.5 Å². The van der Waals surface area contributed by atoms with E-state index in [0.29, 0.717) is 15.7 Å². The van der Waals surface area contributed by atoms with Gasteiger partial charge in [0.15, 0.2) is 0 Å². The first-order chi connectivity index (χ1) is 15.4. The molecular weight excluding hydrogens is 487 g/mol. The van der Waals surface area contributed by atoms with Crippen molar-refractivity contribution >= 4 is 69.8 Å². The molecule has 0 atom stereocenters. The van der Waals surface area contributed by atoms with E-state index in [9.17, 15) is 9.59 Å². The molecule has 162 valence electrons. The Bertz CT molecular complexity index is 1220. The van der Waals surface area contributed by atoms with Gasteiger partial charge in [0.05, 0.1) is 10.7 Å². The molecule has 8 heteroatoms. The Morgan fingerprint density at radius 1 is 0.844 bits per heavy atom. The maximum atomic E-state index is 13.4. The van der Waals surface area contributed by atoms with Crippen LogP contribution in [-0.2, 0) is 16.0 Å². The fourth-order valence-corrected chi connectivity index (χ4v) is 4.73. The molecule has 0 spiro atoms. The lowest BCUT2D eigenvalue weighted by atomic mass is 10.1. The third-order valence-corrected chi connectivity index (χ3v) is 6.74. The second kappa shape index (κ2) is 9.59. The van der Waals surface area contributed by atoms with Crippen LogP contribution in [-0.4, -0.2) is 11.8 Å². The highest BCUT2D eigenvalue weighted by atomic mass is 35.5. The third-order valence-electron chi connectivity index (χ3n) is 4.86. The molecule has 0 aliphatic carbocycles. The SMILES string of the molecule is CCc1ccc(NC2=C(Sc3ccc(Cl)cc3)C(=O)N(c3ccc(Cl)cc3Cl)C2=O)cc1. The Hall–Kier alpha value is -2.44. The number of carbonyl (C=O) groups is 2. The molecule has 3 aromatic rings. The fraction of sp³-hybridized carbons (Fsp3) is 0.0833. The number of amides is 2. The Morgan fingerprint density at radius 3 is 2.12 bits per heavy atom. The molecule has 0 radical (unpaired) electrons. The summed E-state index contributed by atoms with van der Waals surface area (Å²) in [5.74, 6) is -0.956. The van der Waals surface area contributed by atoms with Crippen molar-refractivity contribution in [2.24, 2.45) is 0 Å². The number of thioether (sulfide) groups is 1. The number of anilines is 2. The first-order valence-electron chi connectivity index (χ1n) is 9.75. The first-order valence-corrected chi connectivity index (χ1v) is 11.7. The zero-order chi connectivity index (χ0) is 22.8. The average Bonchev–Trinajstić information content (AvgIpc) is 3.00. The largest absolute Gasteiger partial charge is 0.350 e. The quantitative estimate of drug-likeness (QED) is 0.361. The minimum absolute atomic E-state index is 0.185. The lowest BCUT2D eigenvalue weighted by molar-refractivity contribution is -0.120. The van der Waals surface area contributed by atoms with Gasteiger partial charge in [0.1, 0.15) is 10.6 Å². The minimum Gasteiger partial charge on any atom is -0.350 e. The summed E-state index contributed by atoms with van der Waals surface area (Å²) < 4.78 is 0. The van der Waals surface area contributed by atoms with Crippen molar-refractivity contribution in [2.45, 2.75) is 18.2 Å². The summed E-state index contributed by atoms with van der Waals surface area (Å²) >= 11 is 19.5. The van der Waals surface area contributed by atoms with Gasteiger partial charge in [-0.1, -0.05) is 65.6 Å². The maximum Gasteiger partial charge on any atom is 0.283 e. The van der Waals surface area contributed by atoms with E-state index in [-0.39, 0.29) is 21.3 Å². The zero-order valence-electron chi connectivity index (χ0n) is 16.9. The lowest BCUT2D eigenvalue weighted by Crippen LogP contribution is -2.32. The van der Waals surface area contributed by atoms with Crippen molar-refractivity contribution in [3.8, 4) is 0 Å². The molecule has 1 heterocycles. The number of nitrogens with one attached hydrogen (secondary N) is 1. The molecule has 4 rings (SSSR count). The first kappa shape index (κ1) is 22.7. The van der Waals surface area contributed by atoms with Gasteiger partial charge < -0.3 is 5.32 Å². The van der Waals surface area contributed by atoms with E-state index < -0.39 is 11.8 Å². The molecule has 0 saturated heterocycles. The number of hydrogen-bond donors (Lipinski definition) is 1. The Morgan fingerprint density at radius 2 is 1.50 bits per heavy atom. The van der Waals surface area contributed by atoms with Crippen LogP contribution in [0.2, 0.25) is 15.1 Å². The van der Waals surface area contributed by atoms with Crippen molar-refractivity contribution in [1.29, 1.82) is 0 Å². The molecule has 0 fully saturated rings. The van der Waals surface area contributed by atoms with Crippen molar-refractivity contribution < 1.29 is 9.59 Å². The molecule has 32 heavy (non-hydrogen) atoms. The number of benzene rings is 3. The smallest absolute Gasteiger partial charge is 0.283 e. The summed E-state index contributed by atoms with van der Waals surface area (Å²) in [5.41, 5.74) is 2.34. The third kappa shape index (κ3) is 4.66. The standard InChI is InChI=1S/C24H17Cl3N2O2S/c1-2-14-3-8-17(9-4-14)28-21-22(32-18-10-5-15(25)6-11-18)24(31)29(23(21)30)20-12-7-16(26)13-19(20)27/h3-13,28H,2H2,1H3. The lowest BCUT2D eigenvalue weighted by Gasteiger charge is -2.17. The summed E-state index contributed by atoms with van der Waals surface area (Å²) in [6, 6.07) is 19.4. The maximum absolute atomic E-state index is 13.4. The number of hydrogen-bond acceptors (Lipinski definition) is 4. The monoisotopic (exact) mass is 502 g/mol. The van der Waals surface area contributed by atoms with Gasteiger partial charge in [-0.25, -0.2) is 4.90 Å². The Balaban J connectivity index is 1.74. The fourth-order valence-electron chi connectivity index (χ4n) is 3.18. The molecule has 0 aromatic heterocycles. The minimum atomic E-state index is -0.491. The predicted molar refractivity (Wildman–Crippen MR) is 133 cm³/mol. The highest BCUT2D eigenvalue weighted by molar-refractivity contribution is 8.04. The molecule has 0 bridgehead atoms. The molecule has 1 N–H and O–H groups in total. The summed E-state index contributed by atoms with van der Waals surface area (Å²) in [6.45, 7) is 2.07. The summed E-state index contributed by atoms with van der Waals surface area (Å²) in [6.07, 6.45) is 0.904. The van der Waals surface area contributed by atoms with Gasteiger partial charge >= 0.3 is 0 Å². The van der Waals surface area contributed by atoms with Crippen LogP contribution in [0.25, 0.3) is 0 Å². The van der Waals surface area contributed by atoms with Crippen molar-refractivity contribution in [3.05, 3.63) is 98.0 Å². The van der Waals surface area contributed by atoms with Crippen molar-refractivity contribution in [1.82, 2.24) is 0 Å². The zero-order valence-corrected chi connectivity index (χ0v) is 19.9. The van der Waals surface area contributed by atoms with Crippen molar-refractivity contribution in [2.75, 3.05) is 10.2 Å². The average molecular weight is 504 g/mol. The van der Waals surface area contributed by atoms with Crippen LogP contribution < -0.4 is 10.2 Å². The molecule has 2 amide bonds. The van der Waals surface area contributed by atoms with Gasteiger partial charge in [-0.3, -0.25) is 9.59 Å². The summed E-state index contributed by atoms with van der Waals surface area (Å²) in [4.78, 5) is 28.9. The Kier molecular flexibility index (Phi) is 6.82. The number of carbonyl (C=O) groups excluding carboxylic acids is 2. The summed E-state index contributed by atoms with van der Waals surface area (Å²) in [5, 5.41) is 4.35. The van der Waals surface area contributed by atoms with Crippen molar-refractivity contribution in [3.63, 3.8) is 0 Å². The van der Waals surface area contributed by atoms with Crippen LogP contribution in [0.3, 0.4) is 0 Å². The molecule has 3 aromatic carbocycles. The van der Waals surface area contributed by atoms with Crippen LogP contribution in [0, 0.1) is 0 Å². The highest BCUT2D eigenvalue weighted by Gasteiger charge is 2.41. The van der Waals surface area contributed by atoms with Gasteiger partial charge in [-0.2, -0.15) is 0 Å². The van der Waals surface area contributed by atoms with Gasteiger partial charge in [-0.15, -0.1) is 0 Å². The highest BCUT2D eigenvalue weighted by Crippen LogP contribution is 2.40. The molecule has 4 nitrogen and oxygen atoms in total. The summed E-state index contributed by atoms with van der Waals surface area (Å²) in [7, 11) is 0. The Labute approximate surface area is 205 Å². The molecule has 1 aliphatic heterocycles. The number of rotatable bonds is 6. The van der Waals surface area contributed by atoms with E-state index >= 15 is 0 Å². The molecule has 0 unspecified atom stereocenters. The number of aryl methyl sites for hydroxylation is 1. The van der Waals surface area contributed by atoms with Gasteiger partial charge in [-0.05, 0) is 66.6 Å². The second-order valence-corrected chi connectivity index (χ2v) is 9.34. The van der Waals surface area contributed by atoms with E-state index in [1.54, 1.807) is 36.4 Å². The van der Waals surface area contributed by atoms with Crippen LogP contribution >= 0.6 is 46.6 Å². The molecule has 1 aliphatic rings. The molecule has 0 saturated carbocycles. The van der Waals surface area contributed by atoms with E-state index in [1.807, 2.05) is 24.3 Å². The van der Waals surface area contributed by atoms with Crippen LogP contribution in [0.15, 0.2) is 82.2 Å². The van der Waals surface area contributed by atoms with E-state index in [0.717, 1.165) is 16.2 Å². The number of imide groups is 1. The predicted octanol–water partition coefficient (Wildman–Crippen LogP) is 7.20. The van der Waals surface area contributed by atoms with Gasteiger partial charge in [0.25, 0.3) is 11.8 Å². The molecular formula is C24H17Cl3N2O2S. The number of nitrogens with zero attached hydrogens (tertiary/aromatic N) is 1.